The lowest BCUT2D eigenvalue weighted by molar-refractivity contribution is -0.141. The summed E-state index contributed by atoms with van der Waals surface area (Å²) in [6.07, 6.45) is -4.01. The molecule has 14 heavy (non-hydrogen) atoms. The highest BCUT2D eigenvalue weighted by Crippen LogP contribution is 2.28. The molecule has 1 aromatic rings. The molecule has 0 radical (unpaired) electrons. The zero-order chi connectivity index (χ0) is 10.8. The summed E-state index contributed by atoms with van der Waals surface area (Å²) < 4.78 is 36.9. The van der Waals surface area contributed by atoms with Crippen LogP contribution in [-0.2, 0) is 12.6 Å². The van der Waals surface area contributed by atoms with Crippen LogP contribution in [0.3, 0.4) is 0 Å². The second kappa shape index (κ2) is 3.96. The number of nitrogens with two attached hydrogens (primary N) is 1. The van der Waals surface area contributed by atoms with Crippen molar-refractivity contribution in [2.75, 3.05) is 6.54 Å². The van der Waals surface area contributed by atoms with Crippen molar-refractivity contribution in [1.29, 1.82) is 0 Å². The summed E-state index contributed by atoms with van der Waals surface area (Å²) in [4.78, 5) is 3.49. The third-order valence-corrected chi connectivity index (χ3v) is 1.71. The van der Waals surface area contributed by atoms with E-state index in [1.165, 1.54) is 0 Å². The molecule has 5 heteroatoms. The lowest BCUT2D eigenvalue weighted by Crippen LogP contribution is -2.12. The molecule has 0 aliphatic heterocycles. The van der Waals surface area contributed by atoms with Crippen molar-refractivity contribution >= 4 is 0 Å². The fourth-order valence-corrected chi connectivity index (χ4v) is 1.16. The molecule has 0 aromatic carbocycles. The van der Waals surface area contributed by atoms with Gasteiger partial charge in [-0.3, -0.25) is 0 Å². The summed E-state index contributed by atoms with van der Waals surface area (Å²) in [5.41, 5.74) is 5.34. The summed E-state index contributed by atoms with van der Waals surface area (Å²) in [5, 5.41) is 0. The molecule has 0 fully saturated rings. The van der Waals surface area contributed by atoms with Gasteiger partial charge in [-0.15, -0.1) is 0 Å². The van der Waals surface area contributed by atoms with Crippen LogP contribution in [0, 0.1) is 6.92 Å². The van der Waals surface area contributed by atoms with Crippen LogP contribution in [0.1, 0.15) is 17.0 Å². The van der Waals surface area contributed by atoms with Gasteiger partial charge in [0, 0.05) is 12.1 Å². The standard InChI is InChI=1S/C9H11F3N2/c1-6-4-7(2-3-13)14-8(5-6)9(10,11)12/h4-5H,2-3,13H2,1H3. The van der Waals surface area contributed by atoms with E-state index in [9.17, 15) is 13.2 Å². The van der Waals surface area contributed by atoms with Crippen molar-refractivity contribution in [2.24, 2.45) is 5.73 Å². The Morgan fingerprint density at radius 2 is 2.00 bits per heavy atom. The quantitative estimate of drug-likeness (QED) is 0.799. The van der Waals surface area contributed by atoms with Crippen molar-refractivity contribution in [3.63, 3.8) is 0 Å². The number of aryl methyl sites for hydroxylation is 1. The molecule has 0 bridgehead atoms. The predicted octanol–water partition coefficient (Wildman–Crippen LogP) is 1.91. The lowest BCUT2D eigenvalue weighted by Gasteiger charge is -2.08. The number of nitrogens with zero attached hydrogens (tertiary/aromatic N) is 1. The van der Waals surface area contributed by atoms with Gasteiger partial charge >= 0.3 is 6.18 Å². The van der Waals surface area contributed by atoms with Gasteiger partial charge in [0.05, 0.1) is 0 Å². The Hall–Kier alpha value is -1.10. The van der Waals surface area contributed by atoms with E-state index < -0.39 is 11.9 Å². The van der Waals surface area contributed by atoms with Crippen LogP contribution < -0.4 is 5.73 Å². The van der Waals surface area contributed by atoms with E-state index in [0.717, 1.165) is 6.07 Å². The number of hydrogen-bond donors (Lipinski definition) is 1. The van der Waals surface area contributed by atoms with Gasteiger partial charge in [0.2, 0.25) is 0 Å². The minimum Gasteiger partial charge on any atom is -0.330 e. The highest BCUT2D eigenvalue weighted by atomic mass is 19.4. The molecule has 0 saturated heterocycles. The van der Waals surface area contributed by atoms with Crippen molar-refractivity contribution in [2.45, 2.75) is 19.5 Å². The first-order valence-corrected chi connectivity index (χ1v) is 4.18. The predicted molar refractivity (Wildman–Crippen MR) is 46.7 cm³/mol. The molecule has 1 rings (SSSR count). The highest BCUT2D eigenvalue weighted by molar-refractivity contribution is 5.22. The first-order chi connectivity index (χ1) is 6.43. The fraction of sp³-hybridized carbons (Fsp3) is 0.444. The van der Waals surface area contributed by atoms with Gasteiger partial charge < -0.3 is 5.73 Å². The Balaban J connectivity index is 3.07. The number of halogens is 3. The molecule has 1 heterocycles. The third kappa shape index (κ3) is 2.70. The summed E-state index contributed by atoms with van der Waals surface area (Å²) in [6.45, 7) is 1.91. The fourth-order valence-electron chi connectivity index (χ4n) is 1.16. The molecule has 0 saturated carbocycles. The van der Waals surface area contributed by atoms with E-state index in [2.05, 4.69) is 4.98 Å². The number of pyridine rings is 1. The van der Waals surface area contributed by atoms with Gasteiger partial charge in [-0.05, 0) is 31.2 Å². The first kappa shape index (κ1) is 11.0. The molecule has 2 nitrogen and oxygen atoms in total. The van der Waals surface area contributed by atoms with Crippen molar-refractivity contribution in [3.05, 3.63) is 29.1 Å². The molecule has 0 atom stereocenters. The average molecular weight is 204 g/mol. The number of aromatic nitrogens is 1. The molecular formula is C9H11F3N2. The molecule has 0 aliphatic rings. The third-order valence-electron chi connectivity index (χ3n) is 1.71. The monoisotopic (exact) mass is 204 g/mol. The molecule has 2 N–H and O–H groups in total. The van der Waals surface area contributed by atoms with Gasteiger partial charge in [0.25, 0.3) is 0 Å². The van der Waals surface area contributed by atoms with Crippen LogP contribution >= 0.6 is 0 Å². The van der Waals surface area contributed by atoms with Crippen LogP contribution in [-0.4, -0.2) is 11.5 Å². The molecule has 1 aromatic heterocycles. The maximum absolute atomic E-state index is 12.3. The van der Waals surface area contributed by atoms with E-state index in [0.29, 0.717) is 24.2 Å². The van der Waals surface area contributed by atoms with E-state index in [1.54, 1.807) is 13.0 Å². The Bertz CT molecular complexity index is 320. The van der Waals surface area contributed by atoms with Crippen LogP contribution in [0.5, 0.6) is 0 Å². The van der Waals surface area contributed by atoms with Crippen molar-refractivity contribution < 1.29 is 13.2 Å². The van der Waals surface area contributed by atoms with Crippen LogP contribution in [0.25, 0.3) is 0 Å². The maximum atomic E-state index is 12.3. The largest absolute Gasteiger partial charge is 0.433 e. The van der Waals surface area contributed by atoms with Crippen LogP contribution in [0.4, 0.5) is 13.2 Å². The van der Waals surface area contributed by atoms with Gasteiger partial charge in [0.15, 0.2) is 0 Å². The van der Waals surface area contributed by atoms with Crippen molar-refractivity contribution in [3.8, 4) is 0 Å². The van der Waals surface area contributed by atoms with Gasteiger partial charge in [0.1, 0.15) is 5.69 Å². The summed E-state index contributed by atoms with van der Waals surface area (Å²) in [5.74, 6) is 0. The van der Waals surface area contributed by atoms with Crippen molar-refractivity contribution in [1.82, 2.24) is 4.98 Å². The first-order valence-electron chi connectivity index (χ1n) is 4.18. The number of hydrogen-bond acceptors (Lipinski definition) is 2. The zero-order valence-corrected chi connectivity index (χ0v) is 7.73. The average Bonchev–Trinajstić information content (AvgIpc) is 2.02. The maximum Gasteiger partial charge on any atom is 0.433 e. The SMILES string of the molecule is Cc1cc(CCN)nc(C(F)(F)F)c1. The van der Waals surface area contributed by atoms with Gasteiger partial charge in [-0.2, -0.15) is 13.2 Å². The minimum atomic E-state index is -4.38. The molecule has 0 spiro atoms. The molecule has 0 aliphatic carbocycles. The smallest absolute Gasteiger partial charge is 0.330 e. The van der Waals surface area contributed by atoms with E-state index in [4.69, 9.17) is 5.73 Å². The van der Waals surface area contributed by atoms with E-state index in [-0.39, 0.29) is 0 Å². The van der Waals surface area contributed by atoms with E-state index >= 15 is 0 Å². The topological polar surface area (TPSA) is 38.9 Å². The number of rotatable bonds is 2. The normalized spacial score (nSPS) is 11.8. The second-order valence-corrected chi connectivity index (χ2v) is 3.06. The molecule has 0 amide bonds. The minimum absolute atomic E-state index is 0.299. The lowest BCUT2D eigenvalue weighted by atomic mass is 10.1. The molecular weight excluding hydrogens is 193 g/mol. The molecule has 78 valence electrons. The second-order valence-electron chi connectivity index (χ2n) is 3.06. The Morgan fingerprint density at radius 3 is 2.50 bits per heavy atom. The van der Waals surface area contributed by atoms with Crippen LogP contribution in [0.2, 0.25) is 0 Å². The van der Waals surface area contributed by atoms with Crippen LogP contribution in [0.15, 0.2) is 12.1 Å². The Morgan fingerprint density at radius 1 is 1.36 bits per heavy atom. The summed E-state index contributed by atoms with van der Waals surface area (Å²) in [6, 6.07) is 2.64. The summed E-state index contributed by atoms with van der Waals surface area (Å²) >= 11 is 0. The molecule has 0 unspecified atom stereocenters. The Kier molecular flexibility index (Phi) is 3.10. The number of alkyl halides is 3. The summed E-state index contributed by atoms with van der Waals surface area (Å²) in [7, 11) is 0. The zero-order valence-electron chi connectivity index (χ0n) is 7.73. The van der Waals surface area contributed by atoms with Gasteiger partial charge in [-0.1, -0.05) is 0 Å². The van der Waals surface area contributed by atoms with E-state index in [1.807, 2.05) is 0 Å². The Labute approximate surface area is 79.9 Å². The van der Waals surface area contributed by atoms with Gasteiger partial charge in [-0.25, -0.2) is 4.98 Å². The highest BCUT2D eigenvalue weighted by Gasteiger charge is 2.32.